The number of rotatable bonds is 6. The molecular weight excluding hydrogens is 192 g/mol. The third-order valence-corrected chi connectivity index (χ3v) is 3.21. The lowest BCUT2D eigenvalue weighted by molar-refractivity contribution is -0.0377. The van der Waals surface area contributed by atoms with Crippen LogP contribution in [0.2, 0.25) is 0 Å². The van der Waals surface area contributed by atoms with Crippen molar-refractivity contribution < 1.29 is 9.47 Å². The molecular formula is C11H22N2O2. The third-order valence-electron chi connectivity index (χ3n) is 3.21. The van der Waals surface area contributed by atoms with Crippen molar-refractivity contribution in [2.45, 2.75) is 25.0 Å². The summed E-state index contributed by atoms with van der Waals surface area (Å²) in [7, 11) is 1.74. The molecule has 4 nitrogen and oxygen atoms in total. The molecule has 1 N–H and O–H groups in total. The lowest BCUT2D eigenvalue weighted by Gasteiger charge is -2.32. The molecule has 0 aromatic carbocycles. The summed E-state index contributed by atoms with van der Waals surface area (Å²) in [5.41, 5.74) is 0. The molecule has 4 heteroatoms. The molecule has 0 amide bonds. The van der Waals surface area contributed by atoms with Crippen molar-refractivity contribution >= 4 is 0 Å². The fourth-order valence-electron chi connectivity index (χ4n) is 2.42. The average Bonchev–Trinajstić information content (AvgIpc) is 2.58. The van der Waals surface area contributed by atoms with Gasteiger partial charge in [0.05, 0.1) is 18.8 Å². The van der Waals surface area contributed by atoms with Crippen LogP contribution in [0.25, 0.3) is 0 Å². The number of morpholine rings is 1. The Hall–Kier alpha value is -0.160. The van der Waals surface area contributed by atoms with Crippen molar-refractivity contribution in [3.63, 3.8) is 0 Å². The number of methoxy groups -OCH3 is 1. The molecule has 0 saturated carbocycles. The van der Waals surface area contributed by atoms with Crippen LogP contribution in [0.15, 0.2) is 0 Å². The molecule has 15 heavy (non-hydrogen) atoms. The van der Waals surface area contributed by atoms with Crippen molar-refractivity contribution in [3.05, 3.63) is 0 Å². The predicted molar refractivity (Wildman–Crippen MR) is 59.1 cm³/mol. The number of hydrogen-bond donors (Lipinski definition) is 1. The molecule has 2 saturated heterocycles. The molecule has 2 fully saturated rings. The second-order valence-electron chi connectivity index (χ2n) is 4.46. The Morgan fingerprint density at radius 3 is 2.67 bits per heavy atom. The van der Waals surface area contributed by atoms with E-state index in [1.54, 1.807) is 7.11 Å². The van der Waals surface area contributed by atoms with Gasteiger partial charge in [0.2, 0.25) is 0 Å². The molecule has 2 aliphatic heterocycles. The van der Waals surface area contributed by atoms with Crippen LogP contribution in [-0.4, -0.2) is 63.5 Å². The van der Waals surface area contributed by atoms with Gasteiger partial charge in [-0.25, -0.2) is 0 Å². The lowest BCUT2D eigenvalue weighted by atomic mass is 10.2. The van der Waals surface area contributed by atoms with Crippen molar-refractivity contribution in [3.8, 4) is 0 Å². The highest BCUT2D eigenvalue weighted by Gasteiger charge is 2.33. The van der Waals surface area contributed by atoms with E-state index in [9.17, 15) is 0 Å². The van der Waals surface area contributed by atoms with Crippen molar-refractivity contribution in [1.29, 1.82) is 0 Å². The molecule has 0 aromatic rings. The smallest absolute Gasteiger partial charge is 0.0707 e. The summed E-state index contributed by atoms with van der Waals surface area (Å²) in [6, 6.07) is 0. The maximum atomic E-state index is 5.79. The molecule has 0 aliphatic carbocycles. The van der Waals surface area contributed by atoms with Gasteiger partial charge in [-0.1, -0.05) is 0 Å². The predicted octanol–water partition coefficient (Wildman–Crippen LogP) is 0.0856. The highest BCUT2D eigenvalue weighted by molar-refractivity contribution is 4.84. The highest BCUT2D eigenvalue weighted by Crippen LogP contribution is 2.25. The monoisotopic (exact) mass is 214 g/mol. The first kappa shape index (κ1) is 11.3. The van der Waals surface area contributed by atoms with Gasteiger partial charge in [0, 0.05) is 39.8 Å². The van der Waals surface area contributed by atoms with E-state index in [0.717, 1.165) is 39.3 Å². The minimum absolute atomic E-state index is 0.516. The second kappa shape index (κ2) is 5.80. The quantitative estimate of drug-likeness (QED) is 0.635. The van der Waals surface area contributed by atoms with Gasteiger partial charge >= 0.3 is 0 Å². The van der Waals surface area contributed by atoms with Crippen LogP contribution < -0.4 is 5.32 Å². The Morgan fingerprint density at radius 2 is 2.00 bits per heavy atom. The van der Waals surface area contributed by atoms with E-state index in [0.29, 0.717) is 12.2 Å². The first-order valence-electron chi connectivity index (χ1n) is 5.96. The summed E-state index contributed by atoms with van der Waals surface area (Å²) in [4.78, 5) is 2.52. The third kappa shape index (κ3) is 3.41. The molecule has 0 aromatic heterocycles. The van der Waals surface area contributed by atoms with E-state index in [-0.39, 0.29) is 0 Å². The van der Waals surface area contributed by atoms with E-state index in [4.69, 9.17) is 9.47 Å². The SMILES string of the molecule is COCCNCCN1CC2CCC(C1)O2. The second-order valence-corrected chi connectivity index (χ2v) is 4.46. The van der Waals surface area contributed by atoms with Gasteiger partial charge in [0.1, 0.15) is 0 Å². The first-order chi connectivity index (χ1) is 7.38. The van der Waals surface area contributed by atoms with Crippen LogP contribution in [0.5, 0.6) is 0 Å². The fourth-order valence-corrected chi connectivity index (χ4v) is 2.42. The largest absolute Gasteiger partial charge is 0.383 e. The summed E-state index contributed by atoms with van der Waals surface area (Å²) in [5, 5.41) is 3.38. The zero-order valence-corrected chi connectivity index (χ0v) is 9.58. The topological polar surface area (TPSA) is 33.7 Å². The Labute approximate surface area is 91.9 Å². The number of nitrogens with one attached hydrogen (secondary N) is 1. The number of fused-ring (bicyclic) bond motifs is 2. The Morgan fingerprint density at radius 1 is 1.27 bits per heavy atom. The maximum absolute atomic E-state index is 5.79. The molecule has 2 atom stereocenters. The molecule has 2 unspecified atom stereocenters. The Bertz CT molecular complexity index is 177. The van der Waals surface area contributed by atoms with Gasteiger partial charge in [-0.05, 0) is 12.8 Å². The molecule has 88 valence electrons. The number of ether oxygens (including phenoxy) is 2. The van der Waals surface area contributed by atoms with Crippen LogP contribution in [0, 0.1) is 0 Å². The van der Waals surface area contributed by atoms with Crippen LogP contribution in [0.3, 0.4) is 0 Å². The summed E-state index contributed by atoms with van der Waals surface area (Å²) in [6.07, 6.45) is 3.56. The van der Waals surface area contributed by atoms with Gasteiger partial charge in [-0.15, -0.1) is 0 Å². The summed E-state index contributed by atoms with van der Waals surface area (Å²) in [6.45, 7) is 6.20. The van der Waals surface area contributed by atoms with E-state index in [1.807, 2.05) is 0 Å². The maximum Gasteiger partial charge on any atom is 0.0707 e. The van der Waals surface area contributed by atoms with E-state index in [2.05, 4.69) is 10.2 Å². The molecule has 2 heterocycles. The zero-order chi connectivity index (χ0) is 10.5. The Balaban J connectivity index is 1.56. The average molecular weight is 214 g/mol. The van der Waals surface area contributed by atoms with Gasteiger partial charge < -0.3 is 14.8 Å². The Kier molecular flexibility index (Phi) is 4.38. The van der Waals surface area contributed by atoms with Gasteiger partial charge in [0.25, 0.3) is 0 Å². The zero-order valence-electron chi connectivity index (χ0n) is 9.58. The number of likely N-dealkylation sites (tertiary alicyclic amines) is 1. The van der Waals surface area contributed by atoms with E-state index < -0.39 is 0 Å². The number of nitrogens with zero attached hydrogens (tertiary/aromatic N) is 1. The van der Waals surface area contributed by atoms with Crippen LogP contribution in [-0.2, 0) is 9.47 Å². The van der Waals surface area contributed by atoms with Gasteiger partial charge in [0.15, 0.2) is 0 Å². The van der Waals surface area contributed by atoms with Crippen LogP contribution >= 0.6 is 0 Å². The fraction of sp³-hybridized carbons (Fsp3) is 1.00. The minimum atomic E-state index is 0.516. The molecule has 2 rings (SSSR count). The van der Waals surface area contributed by atoms with Crippen LogP contribution in [0.1, 0.15) is 12.8 Å². The number of hydrogen-bond acceptors (Lipinski definition) is 4. The van der Waals surface area contributed by atoms with E-state index in [1.165, 1.54) is 12.8 Å². The highest BCUT2D eigenvalue weighted by atomic mass is 16.5. The molecule has 2 aliphatic rings. The summed E-state index contributed by atoms with van der Waals surface area (Å²) >= 11 is 0. The summed E-state index contributed by atoms with van der Waals surface area (Å²) in [5.74, 6) is 0. The van der Waals surface area contributed by atoms with Crippen molar-refractivity contribution in [2.24, 2.45) is 0 Å². The van der Waals surface area contributed by atoms with Gasteiger partial charge in [-0.2, -0.15) is 0 Å². The standard InChI is InChI=1S/C11H22N2O2/c1-14-7-5-12-4-6-13-8-10-2-3-11(9-13)15-10/h10-12H,2-9H2,1H3. The summed E-state index contributed by atoms with van der Waals surface area (Å²) < 4.78 is 10.8. The van der Waals surface area contributed by atoms with Crippen molar-refractivity contribution in [1.82, 2.24) is 10.2 Å². The first-order valence-corrected chi connectivity index (χ1v) is 5.96. The normalized spacial score (nSPS) is 31.0. The van der Waals surface area contributed by atoms with Gasteiger partial charge in [-0.3, -0.25) is 4.90 Å². The molecule has 0 radical (unpaired) electrons. The molecule has 0 spiro atoms. The van der Waals surface area contributed by atoms with E-state index >= 15 is 0 Å². The van der Waals surface area contributed by atoms with Crippen molar-refractivity contribution in [2.75, 3.05) is 46.4 Å². The minimum Gasteiger partial charge on any atom is -0.383 e. The molecule has 2 bridgehead atoms. The van der Waals surface area contributed by atoms with Crippen LogP contribution in [0.4, 0.5) is 0 Å². The lowest BCUT2D eigenvalue weighted by Crippen LogP contribution is -2.45.